The molecule has 2 nitrogen and oxygen atoms in total. The van der Waals surface area contributed by atoms with Crippen LogP contribution in [0.15, 0.2) is 12.1 Å². The number of aryl methyl sites for hydroxylation is 1. The molecule has 0 radical (unpaired) electrons. The summed E-state index contributed by atoms with van der Waals surface area (Å²) < 4.78 is 0. The molecule has 0 spiro atoms. The zero-order chi connectivity index (χ0) is 6.85. The van der Waals surface area contributed by atoms with Crippen molar-refractivity contribution >= 4 is 17.3 Å². The third kappa shape index (κ3) is 2.18. The van der Waals surface area contributed by atoms with Crippen molar-refractivity contribution in [3.63, 3.8) is 0 Å². The van der Waals surface area contributed by atoms with Crippen molar-refractivity contribution in [1.29, 1.82) is 0 Å². The van der Waals surface area contributed by atoms with Crippen molar-refractivity contribution in [1.82, 2.24) is 0 Å². The maximum atomic E-state index is 10.2. The summed E-state index contributed by atoms with van der Waals surface area (Å²) in [5.41, 5.74) is 0. The standard InChI is InChI=1S/C6H6O2S.Li.H/c1-4-2-3-5(9-4)6(7)8;;/h2-3H,1H3,(H,7,8);;/q;+1;-1. The Balaban J connectivity index is 0. The first-order chi connectivity index (χ1) is 4.20. The average Bonchev–Trinajstić information content (AvgIpc) is 2.14. The first-order valence-electron chi connectivity index (χ1n) is 2.50. The molecular weight excluding hydrogens is 143 g/mol. The molecule has 50 valence electrons. The molecule has 0 bridgehead atoms. The predicted molar refractivity (Wildman–Crippen MR) is 37.1 cm³/mol. The zero-order valence-electron chi connectivity index (χ0n) is 6.92. The van der Waals surface area contributed by atoms with Crippen molar-refractivity contribution in [2.75, 3.05) is 0 Å². The normalized spacial score (nSPS) is 8.50. The second-order valence-corrected chi connectivity index (χ2v) is 3.00. The number of carboxylic acid groups (broad SMARTS) is 1. The third-order valence-corrected chi connectivity index (χ3v) is 1.94. The van der Waals surface area contributed by atoms with Crippen LogP contribution in [0.5, 0.6) is 0 Å². The monoisotopic (exact) mass is 150 g/mol. The van der Waals surface area contributed by atoms with Crippen LogP contribution >= 0.6 is 11.3 Å². The zero-order valence-corrected chi connectivity index (χ0v) is 6.73. The van der Waals surface area contributed by atoms with E-state index in [0.29, 0.717) is 4.88 Å². The fourth-order valence-electron chi connectivity index (χ4n) is 0.549. The van der Waals surface area contributed by atoms with Crippen molar-refractivity contribution in [2.24, 2.45) is 0 Å². The van der Waals surface area contributed by atoms with Gasteiger partial charge in [-0.1, -0.05) is 0 Å². The molecule has 0 fully saturated rings. The Morgan fingerprint density at radius 3 is 2.50 bits per heavy atom. The van der Waals surface area contributed by atoms with Crippen molar-refractivity contribution in [2.45, 2.75) is 6.92 Å². The molecule has 0 saturated heterocycles. The SMILES string of the molecule is Cc1ccc(C(=O)O)s1.[H-].[Li+]. The van der Waals surface area contributed by atoms with Crippen LogP contribution in [0.1, 0.15) is 16.0 Å². The molecule has 0 atom stereocenters. The number of thiophene rings is 1. The van der Waals surface area contributed by atoms with E-state index in [9.17, 15) is 4.79 Å². The van der Waals surface area contributed by atoms with Gasteiger partial charge in [0.1, 0.15) is 4.88 Å². The molecule has 0 aliphatic rings. The number of aromatic carboxylic acids is 1. The van der Waals surface area contributed by atoms with Crippen LogP contribution in [-0.4, -0.2) is 11.1 Å². The van der Waals surface area contributed by atoms with E-state index in [0.717, 1.165) is 4.88 Å². The fraction of sp³-hybridized carbons (Fsp3) is 0.167. The smallest absolute Gasteiger partial charge is 1.00 e. The molecular formula is C6H7LiO2S. The molecule has 0 saturated carbocycles. The number of hydrogen-bond acceptors (Lipinski definition) is 2. The van der Waals surface area contributed by atoms with Gasteiger partial charge in [-0.3, -0.25) is 0 Å². The molecule has 4 heteroatoms. The Morgan fingerprint density at radius 2 is 2.30 bits per heavy atom. The van der Waals surface area contributed by atoms with E-state index in [4.69, 9.17) is 5.11 Å². The summed E-state index contributed by atoms with van der Waals surface area (Å²) in [6.45, 7) is 1.89. The largest absolute Gasteiger partial charge is 1.00 e. The summed E-state index contributed by atoms with van der Waals surface area (Å²) in [5.74, 6) is -0.840. The summed E-state index contributed by atoms with van der Waals surface area (Å²) >= 11 is 1.30. The van der Waals surface area contributed by atoms with Gasteiger partial charge in [0, 0.05) is 4.88 Å². The number of carbonyl (C=O) groups is 1. The predicted octanol–water partition coefficient (Wildman–Crippen LogP) is -1.13. The maximum absolute atomic E-state index is 10.2. The molecule has 0 aliphatic heterocycles. The minimum atomic E-state index is -0.840. The second kappa shape index (κ2) is 3.82. The molecule has 1 aromatic heterocycles. The van der Waals surface area contributed by atoms with E-state index in [1.807, 2.05) is 6.92 Å². The Labute approximate surface area is 76.5 Å². The Kier molecular flexibility index (Phi) is 3.73. The summed E-state index contributed by atoms with van der Waals surface area (Å²) in [4.78, 5) is 11.7. The van der Waals surface area contributed by atoms with Crippen LogP contribution in [0.25, 0.3) is 0 Å². The maximum Gasteiger partial charge on any atom is 1.00 e. The molecule has 10 heavy (non-hydrogen) atoms. The molecule has 0 amide bonds. The molecule has 1 rings (SSSR count). The van der Waals surface area contributed by atoms with E-state index >= 15 is 0 Å². The van der Waals surface area contributed by atoms with Gasteiger partial charge in [-0.25, -0.2) is 4.79 Å². The molecule has 0 unspecified atom stereocenters. The van der Waals surface area contributed by atoms with Gasteiger partial charge in [0.15, 0.2) is 0 Å². The van der Waals surface area contributed by atoms with Gasteiger partial charge in [-0.05, 0) is 19.1 Å². The van der Waals surface area contributed by atoms with Crippen LogP contribution in [0, 0.1) is 6.92 Å². The van der Waals surface area contributed by atoms with E-state index in [2.05, 4.69) is 0 Å². The van der Waals surface area contributed by atoms with Crippen LogP contribution in [0.3, 0.4) is 0 Å². The fourth-order valence-corrected chi connectivity index (χ4v) is 1.26. The van der Waals surface area contributed by atoms with Crippen molar-refractivity contribution < 1.29 is 30.2 Å². The van der Waals surface area contributed by atoms with Gasteiger partial charge >= 0.3 is 24.8 Å². The second-order valence-electron chi connectivity index (χ2n) is 1.72. The summed E-state index contributed by atoms with van der Waals surface area (Å²) in [6.07, 6.45) is 0. The minimum Gasteiger partial charge on any atom is -1.00 e. The Hall–Kier alpha value is -0.233. The summed E-state index contributed by atoms with van der Waals surface area (Å²) in [6, 6.07) is 3.41. The minimum absolute atomic E-state index is 0. The van der Waals surface area contributed by atoms with Gasteiger partial charge in [-0.2, -0.15) is 0 Å². The summed E-state index contributed by atoms with van der Waals surface area (Å²) in [7, 11) is 0. The van der Waals surface area contributed by atoms with Crippen LogP contribution in [0.2, 0.25) is 0 Å². The summed E-state index contributed by atoms with van der Waals surface area (Å²) in [5, 5.41) is 8.41. The average molecular weight is 150 g/mol. The van der Waals surface area contributed by atoms with Crippen molar-refractivity contribution in [3.8, 4) is 0 Å². The van der Waals surface area contributed by atoms with E-state index in [1.165, 1.54) is 11.3 Å². The molecule has 1 heterocycles. The van der Waals surface area contributed by atoms with Crippen molar-refractivity contribution in [3.05, 3.63) is 21.9 Å². The molecule has 0 aromatic carbocycles. The molecule has 0 aliphatic carbocycles. The number of carboxylic acids is 1. The quantitative estimate of drug-likeness (QED) is 0.514. The van der Waals surface area contributed by atoms with Crippen LogP contribution in [0.4, 0.5) is 0 Å². The van der Waals surface area contributed by atoms with Gasteiger partial charge in [0.25, 0.3) is 0 Å². The molecule has 1 N–H and O–H groups in total. The Morgan fingerprint density at radius 1 is 1.70 bits per heavy atom. The van der Waals surface area contributed by atoms with Gasteiger partial charge in [-0.15, -0.1) is 11.3 Å². The first-order valence-corrected chi connectivity index (χ1v) is 3.31. The molecule has 1 aromatic rings. The van der Waals surface area contributed by atoms with Gasteiger partial charge in [0.05, 0.1) is 0 Å². The van der Waals surface area contributed by atoms with Crippen LogP contribution in [-0.2, 0) is 0 Å². The van der Waals surface area contributed by atoms with Crippen LogP contribution < -0.4 is 18.9 Å². The van der Waals surface area contributed by atoms with E-state index in [-0.39, 0.29) is 20.3 Å². The van der Waals surface area contributed by atoms with E-state index in [1.54, 1.807) is 12.1 Å². The topological polar surface area (TPSA) is 37.3 Å². The number of rotatable bonds is 1. The first kappa shape index (κ1) is 9.77. The Bertz CT molecular complexity index is 236. The number of hydrogen-bond donors (Lipinski definition) is 1. The van der Waals surface area contributed by atoms with Gasteiger partial charge in [0.2, 0.25) is 0 Å². The third-order valence-electron chi connectivity index (χ3n) is 0.951. The van der Waals surface area contributed by atoms with Gasteiger partial charge < -0.3 is 6.53 Å². The van der Waals surface area contributed by atoms with E-state index < -0.39 is 5.97 Å².